The lowest BCUT2D eigenvalue weighted by atomic mass is 9.94. The summed E-state index contributed by atoms with van der Waals surface area (Å²) in [6, 6.07) is 17.9. The number of halogens is 1. The predicted octanol–water partition coefficient (Wildman–Crippen LogP) is 4.99. The lowest BCUT2D eigenvalue weighted by molar-refractivity contribution is -0.126. The van der Waals surface area contributed by atoms with Crippen molar-refractivity contribution in [3.05, 3.63) is 71.1 Å². The molecular formula is C26H31ClN4O2. The normalized spacial score (nSPS) is 15.9. The molecule has 1 fully saturated rings. The number of benzene rings is 2. The molecule has 1 N–H and O–H groups in total. The summed E-state index contributed by atoms with van der Waals surface area (Å²) >= 11 is 6.05. The van der Waals surface area contributed by atoms with E-state index in [1.54, 1.807) is 0 Å². The molecule has 3 aromatic rings. The number of carbonyl (C=O) groups is 1. The SMILES string of the molecule is CCC(CNC(=O)C1CCN(Cc2nc(-c3cccc(Cl)c3)no2)CC1)Cc1ccccc1. The van der Waals surface area contributed by atoms with Crippen LogP contribution in [0.1, 0.15) is 37.6 Å². The largest absolute Gasteiger partial charge is 0.356 e. The van der Waals surface area contributed by atoms with Gasteiger partial charge >= 0.3 is 0 Å². The van der Waals surface area contributed by atoms with Gasteiger partial charge in [-0.15, -0.1) is 0 Å². The van der Waals surface area contributed by atoms with E-state index in [1.807, 2.05) is 30.3 Å². The Morgan fingerprint density at radius 2 is 1.97 bits per heavy atom. The van der Waals surface area contributed by atoms with Crippen LogP contribution in [-0.2, 0) is 17.8 Å². The Bertz CT molecular complexity index is 1030. The fraction of sp³-hybridized carbons (Fsp3) is 0.423. The highest BCUT2D eigenvalue weighted by molar-refractivity contribution is 6.30. The van der Waals surface area contributed by atoms with Gasteiger partial charge in [0.2, 0.25) is 17.6 Å². The molecule has 1 unspecified atom stereocenters. The highest BCUT2D eigenvalue weighted by Crippen LogP contribution is 2.22. The molecule has 0 bridgehead atoms. The summed E-state index contributed by atoms with van der Waals surface area (Å²) in [5.74, 6) is 1.84. The Labute approximate surface area is 200 Å². The minimum absolute atomic E-state index is 0.0696. The Balaban J connectivity index is 1.21. The molecule has 4 rings (SSSR count). The van der Waals surface area contributed by atoms with Crippen molar-refractivity contribution in [1.82, 2.24) is 20.4 Å². The summed E-state index contributed by atoms with van der Waals surface area (Å²) in [7, 11) is 0. The molecule has 33 heavy (non-hydrogen) atoms. The molecule has 2 heterocycles. The van der Waals surface area contributed by atoms with Crippen molar-refractivity contribution in [2.45, 2.75) is 39.2 Å². The van der Waals surface area contributed by atoms with Crippen LogP contribution in [0.3, 0.4) is 0 Å². The molecule has 2 aromatic carbocycles. The second kappa shape index (κ2) is 11.4. The van der Waals surface area contributed by atoms with Crippen LogP contribution >= 0.6 is 11.6 Å². The lowest BCUT2D eigenvalue weighted by Crippen LogP contribution is -2.41. The molecule has 0 saturated carbocycles. The minimum Gasteiger partial charge on any atom is -0.356 e. The van der Waals surface area contributed by atoms with Gasteiger partial charge in [0.15, 0.2) is 0 Å². The van der Waals surface area contributed by atoms with Crippen LogP contribution in [0.15, 0.2) is 59.1 Å². The molecule has 174 valence electrons. The smallest absolute Gasteiger partial charge is 0.241 e. The molecule has 1 aromatic heterocycles. The maximum absolute atomic E-state index is 12.7. The van der Waals surface area contributed by atoms with Crippen molar-refractivity contribution in [3.63, 3.8) is 0 Å². The number of nitrogens with one attached hydrogen (secondary N) is 1. The van der Waals surface area contributed by atoms with Crippen molar-refractivity contribution in [2.24, 2.45) is 11.8 Å². The highest BCUT2D eigenvalue weighted by Gasteiger charge is 2.26. The molecule has 1 atom stereocenters. The van der Waals surface area contributed by atoms with Crippen LogP contribution in [0.4, 0.5) is 0 Å². The van der Waals surface area contributed by atoms with Gasteiger partial charge in [0, 0.05) is 23.0 Å². The fourth-order valence-corrected chi connectivity index (χ4v) is 4.50. The number of rotatable bonds is 9. The minimum atomic E-state index is 0.0696. The zero-order valence-electron chi connectivity index (χ0n) is 19.0. The summed E-state index contributed by atoms with van der Waals surface area (Å²) in [6.45, 7) is 5.20. The molecule has 1 aliphatic rings. The zero-order chi connectivity index (χ0) is 23.0. The van der Waals surface area contributed by atoms with Crippen molar-refractivity contribution < 1.29 is 9.32 Å². The third-order valence-electron chi connectivity index (χ3n) is 6.38. The van der Waals surface area contributed by atoms with Gasteiger partial charge in [-0.25, -0.2) is 0 Å². The molecule has 7 heteroatoms. The van der Waals surface area contributed by atoms with Crippen LogP contribution in [0.5, 0.6) is 0 Å². The van der Waals surface area contributed by atoms with Gasteiger partial charge in [-0.1, -0.05) is 72.6 Å². The number of carbonyl (C=O) groups excluding carboxylic acids is 1. The summed E-state index contributed by atoms with van der Waals surface area (Å²) in [4.78, 5) is 19.5. The first kappa shape index (κ1) is 23.5. The van der Waals surface area contributed by atoms with E-state index in [0.29, 0.717) is 29.2 Å². The molecule has 1 aliphatic heterocycles. The molecule has 0 radical (unpaired) electrons. The summed E-state index contributed by atoms with van der Waals surface area (Å²) in [6.07, 6.45) is 3.74. The third kappa shape index (κ3) is 6.65. The second-order valence-corrected chi connectivity index (χ2v) is 9.22. The van der Waals surface area contributed by atoms with E-state index in [1.165, 1.54) is 5.56 Å². The summed E-state index contributed by atoms with van der Waals surface area (Å²) in [5.41, 5.74) is 2.16. The van der Waals surface area contributed by atoms with Crippen molar-refractivity contribution >= 4 is 17.5 Å². The van der Waals surface area contributed by atoms with E-state index in [4.69, 9.17) is 16.1 Å². The number of hydrogen-bond donors (Lipinski definition) is 1. The Morgan fingerprint density at radius 3 is 2.70 bits per heavy atom. The van der Waals surface area contributed by atoms with Gasteiger partial charge in [-0.05, 0) is 56.0 Å². The standard InChI is InChI=1S/C26H31ClN4O2/c1-2-19(15-20-7-4-3-5-8-20)17-28-26(32)21-11-13-31(14-12-21)18-24-29-25(30-33-24)22-9-6-10-23(27)16-22/h3-10,16,19,21H,2,11-15,17-18H2,1H3,(H,28,32). The van der Waals surface area contributed by atoms with Crippen LogP contribution in [0, 0.1) is 11.8 Å². The van der Waals surface area contributed by atoms with E-state index < -0.39 is 0 Å². The predicted molar refractivity (Wildman–Crippen MR) is 130 cm³/mol. The summed E-state index contributed by atoms with van der Waals surface area (Å²) in [5, 5.41) is 7.93. The van der Waals surface area contributed by atoms with Crippen LogP contribution < -0.4 is 5.32 Å². The zero-order valence-corrected chi connectivity index (χ0v) is 19.8. The van der Waals surface area contributed by atoms with Crippen molar-refractivity contribution in [2.75, 3.05) is 19.6 Å². The average Bonchev–Trinajstić information content (AvgIpc) is 3.31. The first-order valence-electron chi connectivity index (χ1n) is 11.7. The van der Waals surface area contributed by atoms with Crippen molar-refractivity contribution in [1.29, 1.82) is 0 Å². The van der Waals surface area contributed by atoms with Gasteiger partial charge in [-0.2, -0.15) is 4.98 Å². The van der Waals surface area contributed by atoms with E-state index in [0.717, 1.165) is 50.9 Å². The van der Waals surface area contributed by atoms with Gasteiger partial charge in [0.25, 0.3) is 0 Å². The molecule has 0 aliphatic carbocycles. The van der Waals surface area contributed by atoms with Gasteiger partial charge in [0.05, 0.1) is 6.54 Å². The maximum atomic E-state index is 12.7. The quantitative estimate of drug-likeness (QED) is 0.481. The van der Waals surface area contributed by atoms with E-state index in [-0.39, 0.29) is 11.8 Å². The highest BCUT2D eigenvalue weighted by atomic mass is 35.5. The molecule has 1 saturated heterocycles. The maximum Gasteiger partial charge on any atom is 0.241 e. The molecule has 1 amide bonds. The Morgan fingerprint density at radius 1 is 1.18 bits per heavy atom. The Hall–Kier alpha value is -2.70. The van der Waals surface area contributed by atoms with Crippen LogP contribution in [0.25, 0.3) is 11.4 Å². The molecule has 6 nitrogen and oxygen atoms in total. The second-order valence-electron chi connectivity index (χ2n) is 8.78. The monoisotopic (exact) mass is 466 g/mol. The fourth-order valence-electron chi connectivity index (χ4n) is 4.31. The number of amides is 1. The molecule has 0 spiro atoms. The first-order valence-corrected chi connectivity index (χ1v) is 12.1. The average molecular weight is 467 g/mol. The van der Waals surface area contributed by atoms with E-state index in [9.17, 15) is 4.79 Å². The van der Waals surface area contributed by atoms with Crippen molar-refractivity contribution in [3.8, 4) is 11.4 Å². The number of piperidine rings is 1. The van der Waals surface area contributed by atoms with Gasteiger partial charge in [0.1, 0.15) is 0 Å². The van der Waals surface area contributed by atoms with E-state index in [2.05, 4.69) is 51.5 Å². The summed E-state index contributed by atoms with van der Waals surface area (Å²) < 4.78 is 5.44. The van der Waals surface area contributed by atoms with Gasteiger partial charge < -0.3 is 9.84 Å². The third-order valence-corrected chi connectivity index (χ3v) is 6.61. The topological polar surface area (TPSA) is 71.3 Å². The first-order chi connectivity index (χ1) is 16.1. The van der Waals surface area contributed by atoms with Crippen LogP contribution in [0.2, 0.25) is 5.02 Å². The number of aromatic nitrogens is 2. The number of likely N-dealkylation sites (tertiary alicyclic amines) is 1. The lowest BCUT2D eigenvalue weighted by Gasteiger charge is -2.30. The van der Waals surface area contributed by atoms with Crippen LogP contribution in [-0.4, -0.2) is 40.6 Å². The van der Waals surface area contributed by atoms with E-state index >= 15 is 0 Å². The Kier molecular flexibility index (Phi) is 8.13. The number of nitrogens with zero attached hydrogens (tertiary/aromatic N) is 3. The van der Waals surface area contributed by atoms with Gasteiger partial charge in [-0.3, -0.25) is 9.69 Å². The number of hydrogen-bond acceptors (Lipinski definition) is 5. The molecular weight excluding hydrogens is 436 g/mol.